The lowest BCUT2D eigenvalue weighted by Gasteiger charge is -2.18. The Morgan fingerprint density at radius 3 is 2.44 bits per heavy atom. The minimum atomic E-state index is -1.09. The first kappa shape index (κ1) is 13.3. The molecule has 18 heavy (non-hydrogen) atoms. The number of carboxylic acids is 1. The van der Waals surface area contributed by atoms with Crippen LogP contribution in [0.25, 0.3) is 0 Å². The standard InChI is InChI=1S/C13H17ClN2O2/c14-10-8-15-12(16-11(10)13(17)18)9-6-4-2-1-3-5-7-9/h8-9H,1-7H2,(H,17,18). The molecule has 2 rings (SSSR count). The Balaban J connectivity index is 2.20. The molecule has 0 aromatic carbocycles. The molecule has 4 nitrogen and oxygen atoms in total. The fourth-order valence-electron chi connectivity index (χ4n) is 2.44. The van der Waals surface area contributed by atoms with Gasteiger partial charge in [0.25, 0.3) is 0 Å². The zero-order valence-corrected chi connectivity index (χ0v) is 11.0. The molecule has 1 N–H and O–H groups in total. The van der Waals surface area contributed by atoms with Gasteiger partial charge in [-0.2, -0.15) is 0 Å². The second kappa shape index (κ2) is 6.14. The van der Waals surface area contributed by atoms with E-state index in [-0.39, 0.29) is 16.6 Å². The van der Waals surface area contributed by atoms with Crippen molar-refractivity contribution in [3.63, 3.8) is 0 Å². The third-order valence-corrected chi connectivity index (χ3v) is 3.71. The summed E-state index contributed by atoms with van der Waals surface area (Å²) in [6.07, 6.45) is 9.62. The molecule has 0 radical (unpaired) electrons. The first-order valence-corrected chi connectivity index (χ1v) is 6.82. The van der Waals surface area contributed by atoms with Crippen LogP contribution in [-0.4, -0.2) is 21.0 Å². The maximum Gasteiger partial charge on any atom is 0.356 e. The number of hydrogen-bond donors (Lipinski definition) is 1. The van der Waals surface area contributed by atoms with Crippen molar-refractivity contribution >= 4 is 17.6 Å². The number of nitrogens with zero attached hydrogens (tertiary/aromatic N) is 2. The fraction of sp³-hybridized carbons (Fsp3) is 0.615. The Hall–Kier alpha value is -1.16. The van der Waals surface area contributed by atoms with Gasteiger partial charge < -0.3 is 5.11 Å². The molecule has 1 aliphatic rings. The first-order chi connectivity index (χ1) is 8.68. The van der Waals surface area contributed by atoms with Gasteiger partial charge in [0.2, 0.25) is 0 Å². The van der Waals surface area contributed by atoms with E-state index < -0.39 is 5.97 Å². The average molecular weight is 269 g/mol. The molecule has 98 valence electrons. The third-order valence-electron chi connectivity index (χ3n) is 3.44. The van der Waals surface area contributed by atoms with Crippen molar-refractivity contribution in [2.75, 3.05) is 0 Å². The van der Waals surface area contributed by atoms with Crippen molar-refractivity contribution in [2.24, 2.45) is 0 Å². The molecule has 5 heteroatoms. The summed E-state index contributed by atoms with van der Waals surface area (Å²) in [6.45, 7) is 0. The summed E-state index contributed by atoms with van der Waals surface area (Å²) in [5.74, 6) is -0.172. The van der Waals surface area contributed by atoms with Crippen LogP contribution in [0, 0.1) is 0 Å². The zero-order valence-electron chi connectivity index (χ0n) is 10.2. The van der Waals surface area contributed by atoms with E-state index >= 15 is 0 Å². The largest absolute Gasteiger partial charge is 0.476 e. The van der Waals surface area contributed by atoms with Gasteiger partial charge in [-0.15, -0.1) is 0 Å². The second-order valence-corrected chi connectivity index (χ2v) is 5.18. The number of halogens is 1. The summed E-state index contributed by atoms with van der Waals surface area (Å²) in [7, 11) is 0. The number of aromatic carboxylic acids is 1. The summed E-state index contributed by atoms with van der Waals surface area (Å²) in [6, 6.07) is 0. The molecule has 0 spiro atoms. The number of carbonyl (C=O) groups is 1. The van der Waals surface area contributed by atoms with Gasteiger partial charge >= 0.3 is 5.97 Å². The first-order valence-electron chi connectivity index (χ1n) is 6.44. The molecule has 0 unspecified atom stereocenters. The van der Waals surface area contributed by atoms with Crippen LogP contribution in [0.2, 0.25) is 5.02 Å². The van der Waals surface area contributed by atoms with Gasteiger partial charge in [-0.3, -0.25) is 0 Å². The molecule has 1 aromatic rings. The van der Waals surface area contributed by atoms with Gasteiger partial charge in [0.05, 0.1) is 11.2 Å². The van der Waals surface area contributed by atoms with Crippen molar-refractivity contribution in [1.29, 1.82) is 0 Å². The van der Waals surface area contributed by atoms with Crippen LogP contribution in [0.1, 0.15) is 67.2 Å². The van der Waals surface area contributed by atoms with Gasteiger partial charge in [-0.1, -0.05) is 43.7 Å². The zero-order chi connectivity index (χ0) is 13.0. The summed E-state index contributed by atoms with van der Waals surface area (Å²) in [4.78, 5) is 19.3. The van der Waals surface area contributed by atoms with Crippen molar-refractivity contribution in [3.05, 3.63) is 22.7 Å². The summed E-state index contributed by atoms with van der Waals surface area (Å²) in [5.41, 5.74) is -0.0799. The number of rotatable bonds is 2. The highest BCUT2D eigenvalue weighted by molar-refractivity contribution is 6.33. The van der Waals surface area contributed by atoms with E-state index in [1.165, 1.54) is 38.3 Å². The van der Waals surface area contributed by atoms with Crippen molar-refractivity contribution in [2.45, 2.75) is 50.9 Å². The maximum absolute atomic E-state index is 11.0. The number of aromatic nitrogens is 2. The second-order valence-electron chi connectivity index (χ2n) is 4.77. The SMILES string of the molecule is O=C(O)c1nc(C2CCCCCCC2)ncc1Cl. The van der Waals surface area contributed by atoms with E-state index in [9.17, 15) is 4.79 Å². The molecule has 1 heterocycles. The highest BCUT2D eigenvalue weighted by Crippen LogP contribution is 2.29. The quantitative estimate of drug-likeness (QED) is 0.889. The molecule has 0 atom stereocenters. The van der Waals surface area contributed by atoms with Crippen LogP contribution in [0.15, 0.2) is 6.20 Å². The van der Waals surface area contributed by atoms with Gasteiger partial charge in [0.1, 0.15) is 5.82 Å². The van der Waals surface area contributed by atoms with Crippen molar-refractivity contribution < 1.29 is 9.90 Å². The number of hydrogen-bond acceptors (Lipinski definition) is 3. The van der Waals surface area contributed by atoms with Crippen LogP contribution in [-0.2, 0) is 0 Å². The van der Waals surface area contributed by atoms with E-state index in [2.05, 4.69) is 9.97 Å². The predicted octanol–water partition coefficient (Wildman–Crippen LogP) is 3.66. The topological polar surface area (TPSA) is 63.1 Å². The van der Waals surface area contributed by atoms with E-state index in [0.717, 1.165) is 12.8 Å². The highest BCUT2D eigenvalue weighted by Gasteiger charge is 2.19. The summed E-state index contributed by atoms with van der Waals surface area (Å²) in [5, 5.41) is 9.12. The van der Waals surface area contributed by atoms with Crippen LogP contribution in [0.4, 0.5) is 0 Å². The number of carboxylic acid groups (broad SMARTS) is 1. The normalized spacial score (nSPS) is 18.1. The lowest BCUT2D eigenvalue weighted by molar-refractivity contribution is 0.0690. The minimum absolute atomic E-state index is 0.0799. The van der Waals surface area contributed by atoms with E-state index in [1.807, 2.05) is 0 Å². The Morgan fingerprint density at radius 2 is 1.83 bits per heavy atom. The van der Waals surface area contributed by atoms with Gasteiger partial charge in [0, 0.05) is 5.92 Å². The lowest BCUT2D eigenvalue weighted by atomic mass is 9.90. The van der Waals surface area contributed by atoms with Crippen LogP contribution in [0.5, 0.6) is 0 Å². The summed E-state index contributed by atoms with van der Waals surface area (Å²) < 4.78 is 0. The molecule has 1 aliphatic carbocycles. The van der Waals surface area contributed by atoms with Crippen molar-refractivity contribution in [3.8, 4) is 0 Å². The minimum Gasteiger partial charge on any atom is -0.476 e. The smallest absolute Gasteiger partial charge is 0.356 e. The molecular weight excluding hydrogens is 252 g/mol. The maximum atomic E-state index is 11.0. The van der Waals surface area contributed by atoms with Crippen LogP contribution < -0.4 is 0 Å². The Labute approximate surface area is 111 Å². The summed E-state index contributed by atoms with van der Waals surface area (Å²) >= 11 is 5.78. The molecule has 0 bridgehead atoms. The van der Waals surface area contributed by atoms with Gasteiger partial charge in [0.15, 0.2) is 5.69 Å². The average Bonchev–Trinajstić information content (AvgIpc) is 2.29. The van der Waals surface area contributed by atoms with Gasteiger partial charge in [-0.05, 0) is 12.8 Å². The van der Waals surface area contributed by atoms with Crippen LogP contribution >= 0.6 is 11.6 Å². The van der Waals surface area contributed by atoms with E-state index in [1.54, 1.807) is 0 Å². The van der Waals surface area contributed by atoms with Crippen LogP contribution in [0.3, 0.4) is 0 Å². The fourth-order valence-corrected chi connectivity index (χ4v) is 2.61. The Bertz CT molecular complexity index is 429. The molecule has 0 amide bonds. The highest BCUT2D eigenvalue weighted by atomic mass is 35.5. The monoisotopic (exact) mass is 268 g/mol. The predicted molar refractivity (Wildman–Crippen MR) is 69.1 cm³/mol. The van der Waals surface area contributed by atoms with Gasteiger partial charge in [-0.25, -0.2) is 14.8 Å². The molecular formula is C13H17ClN2O2. The Kier molecular flexibility index (Phi) is 4.53. The molecule has 0 saturated heterocycles. The molecule has 0 aliphatic heterocycles. The van der Waals surface area contributed by atoms with E-state index in [0.29, 0.717) is 5.82 Å². The molecule has 1 aromatic heterocycles. The van der Waals surface area contributed by atoms with Crippen molar-refractivity contribution in [1.82, 2.24) is 9.97 Å². The van der Waals surface area contributed by atoms with E-state index in [4.69, 9.17) is 16.7 Å². The lowest BCUT2D eigenvalue weighted by Crippen LogP contribution is -2.11. The molecule has 1 fully saturated rings. The molecule has 1 saturated carbocycles. The third kappa shape index (κ3) is 3.19. The Morgan fingerprint density at radius 1 is 1.22 bits per heavy atom.